The summed E-state index contributed by atoms with van der Waals surface area (Å²) in [6.45, 7) is 4.12. The van der Waals surface area contributed by atoms with Crippen LogP contribution in [0.4, 0.5) is 24.5 Å². The minimum atomic E-state index is -1.54. The molecule has 2 aromatic rings. The van der Waals surface area contributed by atoms with Crippen molar-refractivity contribution in [3.05, 3.63) is 53.6 Å². The zero-order chi connectivity index (χ0) is 19.6. The van der Waals surface area contributed by atoms with Gasteiger partial charge in [0, 0.05) is 41.8 Å². The van der Waals surface area contributed by atoms with E-state index in [2.05, 4.69) is 20.4 Å². The number of quaternary nitrogens is 1. The number of pyridine rings is 1. The lowest BCUT2D eigenvalue weighted by atomic mass is 10.2. The zero-order valence-electron chi connectivity index (χ0n) is 14.9. The first-order valence-electron chi connectivity index (χ1n) is 8.41. The second-order valence-corrected chi connectivity index (χ2v) is 6.05. The van der Waals surface area contributed by atoms with Gasteiger partial charge in [-0.1, -0.05) is 0 Å². The van der Waals surface area contributed by atoms with Crippen LogP contribution in [0.15, 0.2) is 40.6 Å². The number of hydrogen-bond donors (Lipinski definition) is 2. The lowest BCUT2D eigenvalue weighted by molar-refractivity contribution is 0.300. The topological polar surface area (TPSA) is 69.9 Å². The highest BCUT2D eigenvalue weighted by Gasteiger charge is 2.41. The molecular weight excluding hydrogens is 359 g/mol. The van der Waals surface area contributed by atoms with E-state index in [0.717, 1.165) is 23.5 Å². The Morgan fingerprint density at radius 2 is 1.85 bits per heavy atom. The predicted octanol–water partition coefficient (Wildman–Crippen LogP) is 3.31. The van der Waals surface area contributed by atoms with Crippen molar-refractivity contribution in [2.24, 2.45) is 10.1 Å². The van der Waals surface area contributed by atoms with Crippen LogP contribution in [0.3, 0.4) is 0 Å². The summed E-state index contributed by atoms with van der Waals surface area (Å²) in [5.41, 5.74) is 1.57. The second-order valence-electron chi connectivity index (χ2n) is 6.05. The molecule has 0 saturated carbocycles. The highest BCUT2D eigenvalue weighted by molar-refractivity contribution is 6.10. The van der Waals surface area contributed by atoms with E-state index in [1.54, 1.807) is 12.3 Å². The fourth-order valence-corrected chi connectivity index (χ4v) is 3.00. The number of aliphatic hydroxyl groups is 1. The number of rotatable bonds is 5. The summed E-state index contributed by atoms with van der Waals surface area (Å²) in [6, 6.07) is 5.32. The number of anilines is 1. The van der Waals surface area contributed by atoms with Crippen LogP contribution in [0.25, 0.3) is 0 Å². The summed E-state index contributed by atoms with van der Waals surface area (Å²) in [5.74, 6) is -3.48. The van der Waals surface area contributed by atoms with Gasteiger partial charge in [0.1, 0.15) is 6.54 Å². The minimum Gasteiger partial charge on any atom is -0.396 e. The first kappa shape index (κ1) is 19.0. The van der Waals surface area contributed by atoms with E-state index in [9.17, 15) is 18.3 Å². The van der Waals surface area contributed by atoms with Crippen LogP contribution in [-0.2, 0) is 0 Å². The summed E-state index contributed by atoms with van der Waals surface area (Å²) < 4.78 is 40.1. The Morgan fingerprint density at radius 1 is 1.15 bits per heavy atom. The molecule has 3 rings (SSSR count). The van der Waals surface area contributed by atoms with Gasteiger partial charge in [0.05, 0.1) is 13.0 Å². The molecule has 2 N–H and O–H groups in total. The number of amidine groups is 1. The molecular formula is C18H19F3N5O+. The van der Waals surface area contributed by atoms with E-state index >= 15 is 0 Å². The van der Waals surface area contributed by atoms with E-state index in [4.69, 9.17) is 0 Å². The van der Waals surface area contributed by atoms with E-state index in [1.165, 1.54) is 0 Å². The van der Waals surface area contributed by atoms with Crippen molar-refractivity contribution in [2.45, 2.75) is 20.3 Å². The second kappa shape index (κ2) is 7.45. The van der Waals surface area contributed by atoms with Crippen LogP contribution < -0.4 is 9.91 Å². The molecule has 1 aromatic heterocycles. The largest absolute Gasteiger partial charge is 0.396 e. The molecule has 2 heterocycles. The highest BCUT2D eigenvalue weighted by Crippen LogP contribution is 2.30. The lowest BCUT2D eigenvalue weighted by Gasteiger charge is -2.27. The van der Waals surface area contributed by atoms with Crippen LogP contribution >= 0.6 is 0 Å². The summed E-state index contributed by atoms with van der Waals surface area (Å²) >= 11 is 0. The van der Waals surface area contributed by atoms with Crippen molar-refractivity contribution in [3.63, 3.8) is 0 Å². The summed E-state index contributed by atoms with van der Waals surface area (Å²) in [7, 11) is 0. The Morgan fingerprint density at radius 3 is 2.44 bits per heavy atom. The zero-order valence-corrected chi connectivity index (χ0v) is 14.9. The molecule has 9 heteroatoms. The van der Waals surface area contributed by atoms with E-state index in [-0.39, 0.29) is 29.3 Å². The van der Waals surface area contributed by atoms with Gasteiger partial charge in [-0.3, -0.25) is 4.98 Å². The highest BCUT2D eigenvalue weighted by atomic mass is 19.2. The van der Waals surface area contributed by atoms with Gasteiger partial charge in [-0.25, -0.2) is 13.2 Å². The maximum Gasteiger partial charge on any atom is 0.286 e. The third-order valence-electron chi connectivity index (χ3n) is 4.27. The molecule has 0 saturated heterocycles. The molecule has 1 aliphatic rings. The van der Waals surface area contributed by atoms with Crippen molar-refractivity contribution in [2.75, 3.05) is 18.5 Å². The quantitative estimate of drug-likeness (QED) is 0.620. The number of nitrogens with one attached hydrogen (secondary N) is 1. The number of guanidine groups is 1. The molecule has 0 amide bonds. The fourth-order valence-electron chi connectivity index (χ4n) is 3.00. The molecule has 0 aliphatic carbocycles. The van der Waals surface area contributed by atoms with Crippen molar-refractivity contribution in [1.29, 1.82) is 0 Å². The van der Waals surface area contributed by atoms with Crippen molar-refractivity contribution >= 4 is 23.2 Å². The minimum absolute atomic E-state index is 0.00158. The van der Waals surface area contributed by atoms with Gasteiger partial charge in [0.15, 0.2) is 23.1 Å². The average molecular weight is 378 g/mol. The van der Waals surface area contributed by atoms with Gasteiger partial charge in [0.2, 0.25) is 5.84 Å². The van der Waals surface area contributed by atoms with Crippen LogP contribution in [0.2, 0.25) is 0 Å². The van der Waals surface area contributed by atoms with Gasteiger partial charge in [-0.2, -0.15) is 4.99 Å². The molecule has 27 heavy (non-hydrogen) atoms. The Kier molecular flexibility index (Phi) is 5.24. The van der Waals surface area contributed by atoms with E-state index in [1.807, 2.05) is 19.9 Å². The number of benzene rings is 1. The van der Waals surface area contributed by atoms with Gasteiger partial charge in [-0.05, 0) is 18.9 Å². The van der Waals surface area contributed by atoms with Crippen molar-refractivity contribution < 1.29 is 18.3 Å². The molecule has 6 nitrogen and oxygen atoms in total. The van der Waals surface area contributed by atoms with Gasteiger partial charge >= 0.3 is 0 Å². The Balaban J connectivity index is 2.02. The van der Waals surface area contributed by atoms with E-state index < -0.39 is 17.5 Å². The number of hydrogen-bond acceptors (Lipinski definition) is 5. The average Bonchev–Trinajstić information content (AvgIpc) is 2.98. The predicted molar refractivity (Wildman–Crippen MR) is 97.8 cm³/mol. The van der Waals surface area contributed by atoms with E-state index in [0.29, 0.717) is 12.4 Å². The number of aromatic nitrogens is 1. The molecule has 1 aliphatic heterocycles. The van der Waals surface area contributed by atoms with Crippen molar-refractivity contribution in [1.82, 2.24) is 9.58 Å². The van der Waals surface area contributed by atoms with Gasteiger partial charge in [0.25, 0.3) is 5.96 Å². The smallest absolute Gasteiger partial charge is 0.286 e. The van der Waals surface area contributed by atoms with Crippen LogP contribution in [0.1, 0.15) is 19.0 Å². The van der Waals surface area contributed by atoms with Crippen LogP contribution in [-0.4, -0.2) is 35.0 Å². The number of aliphatic imine (C=N–C) groups is 1. The fraction of sp³-hybridized carbons (Fsp3) is 0.278. The normalized spacial score (nSPS) is 19.0. The van der Waals surface area contributed by atoms with Gasteiger partial charge < -0.3 is 10.4 Å². The maximum absolute atomic E-state index is 13.5. The molecule has 1 aromatic carbocycles. The molecule has 1 atom stereocenters. The molecule has 142 valence electrons. The summed E-state index contributed by atoms with van der Waals surface area (Å²) in [4.78, 5) is 8.57. The van der Waals surface area contributed by atoms with Gasteiger partial charge in [-0.15, -0.1) is 4.59 Å². The first-order valence-corrected chi connectivity index (χ1v) is 8.41. The van der Waals surface area contributed by atoms with Crippen LogP contribution in [0, 0.1) is 24.4 Å². The van der Waals surface area contributed by atoms with Crippen molar-refractivity contribution in [3.8, 4) is 0 Å². The lowest BCUT2D eigenvalue weighted by Crippen LogP contribution is -2.47. The molecule has 0 radical (unpaired) electrons. The molecule has 0 unspecified atom stereocenters. The Hall–Kier alpha value is -2.78. The molecule has 0 spiro atoms. The molecule has 0 bridgehead atoms. The Labute approximate surface area is 154 Å². The monoisotopic (exact) mass is 378 g/mol. The number of nitrogens with zero attached hydrogens (tertiary/aromatic N) is 4. The maximum atomic E-state index is 13.5. The number of aryl methyl sites for hydroxylation is 1. The SMILES string of the molecule is CC[N@@+]1(c2ccnc(C)c2)N=C(Nc2cc(F)c(F)c(F)c2)N=C1CCO. The standard InChI is InChI=1S/C18H19F3N5O/c1-3-26(13-4-6-22-11(2)8-13)16(5-7-27)24-18(25-26)23-12-9-14(19)17(21)15(20)10-12/h4,6,8-10,27H,3,5,7H2,1-2H3,(H,23,25)/q+1/t26-/m0/s1. The number of aliphatic hydroxyl groups excluding tert-OH is 1. The summed E-state index contributed by atoms with van der Waals surface area (Å²) in [6.07, 6.45) is 1.92. The third-order valence-corrected chi connectivity index (χ3v) is 4.27. The Bertz CT molecular complexity index is 908. The third kappa shape index (κ3) is 3.56. The molecule has 0 fully saturated rings. The number of halogens is 3. The summed E-state index contributed by atoms with van der Waals surface area (Å²) in [5, 5.41) is 16.7. The first-order chi connectivity index (χ1) is 12.9. The van der Waals surface area contributed by atoms with Crippen LogP contribution in [0.5, 0.6) is 0 Å².